The van der Waals surface area contributed by atoms with Crippen molar-refractivity contribution < 1.29 is 29.0 Å². The van der Waals surface area contributed by atoms with Crippen LogP contribution in [0.2, 0.25) is 5.04 Å². The van der Waals surface area contributed by atoms with E-state index in [1.807, 2.05) is 66.7 Å². The first-order valence-corrected chi connectivity index (χ1v) is 14.9. The Balaban J connectivity index is 1.55. The lowest BCUT2D eigenvalue weighted by atomic mass is 10.1. The van der Waals surface area contributed by atoms with E-state index in [1.165, 1.54) is 0 Å². The summed E-state index contributed by atoms with van der Waals surface area (Å²) in [6, 6.07) is 27.6. The third kappa shape index (κ3) is 6.16. The molecule has 3 aromatic carbocycles. The van der Waals surface area contributed by atoms with Gasteiger partial charge in [-0.3, -0.25) is 4.90 Å². The molecular formula is C30H36N2O6Si. The molecule has 3 unspecified atom stereocenters. The standard InChI is InChI=1S/C30H36N2O6Si/c1-30(2,3)39(23-15-9-5-10-16-23,24-17-11-6-12-18-24)38-21-26-27(33)25(19-32(26)29(35)36)31-28(34)37-20-22-13-7-4-8-14-22/h4-18,25-27,33H,19-21H2,1-3H3,(H,31,34)(H,35,36). The minimum atomic E-state index is -2.96. The summed E-state index contributed by atoms with van der Waals surface area (Å²) in [6.45, 7) is 6.35. The molecule has 0 bridgehead atoms. The first kappa shape index (κ1) is 28.3. The first-order valence-electron chi connectivity index (χ1n) is 13.0. The van der Waals surface area contributed by atoms with E-state index >= 15 is 0 Å². The molecule has 1 heterocycles. The van der Waals surface area contributed by atoms with E-state index in [-0.39, 0.29) is 24.8 Å². The van der Waals surface area contributed by atoms with Gasteiger partial charge < -0.3 is 24.7 Å². The van der Waals surface area contributed by atoms with Gasteiger partial charge in [0.15, 0.2) is 0 Å². The molecule has 3 N–H and O–H groups in total. The summed E-state index contributed by atoms with van der Waals surface area (Å²) in [5.41, 5.74) is 0.823. The molecule has 39 heavy (non-hydrogen) atoms. The van der Waals surface area contributed by atoms with E-state index in [1.54, 1.807) is 0 Å². The summed E-state index contributed by atoms with van der Waals surface area (Å²) in [7, 11) is -2.96. The number of ether oxygens (including phenoxy) is 1. The highest BCUT2D eigenvalue weighted by Gasteiger charge is 2.52. The van der Waals surface area contributed by atoms with Crippen LogP contribution >= 0.6 is 0 Å². The maximum Gasteiger partial charge on any atom is 0.407 e. The largest absolute Gasteiger partial charge is 0.465 e. The van der Waals surface area contributed by atoms with E-state index in [0.717, 1.165) is 20.8 Å². The Kier molecular flexibility index (Phi) is 8.74. The van der Waals surface area contributed by atoms with Crippen molar-refractivity contribution in [3.8, 4) is 0 Å². The van der Waals surface area contributed by atoms with Gasteiger partial charge in [-0.15, -0.1) is 0 Å². The number of carboxylic acid groups (broad SMARTS) is 1. The molecule has 1 fully saturated rings. The number of carbonyl (C=O) groups is 2. The lowest BCUT2D eigenvalue weighted by Gasteiger charge is -2.44. The number of alkyl carbamates (subject to hydrolysis) is 1. The van der Waals surface area contributed by atoms with Crippen molar-refractivity contribution in [3.63, 3.8) is 0 Å². The number of amides is 2. The van der Waals surface area contributed by atoms with E-state index in [9.17, 15) is 19.8 Å². The van der Waals surface area contributed by atoms with Crippen LogP contribution in [0.25, 0.3) is 0 Å². The number of aliphatic hydroxyl groups is 1. The van der Waals surface area contributed by atoms with Gasteiger partial charge in [0.2, 0.25) is 0 Å². The Hall–Kier alpha value is -3.66. The predicted molar refractivity (Wildman–Crippen MR) is 152 cm³/mol. The molecular weight excluding hydrogens is 512 g/mol. The fraction of sp³-hybridized carbons (Fsp3) is 0.333. The summed E-state index contributed by atoms with van der Waals surface area (Å²) in [6.07, 6.45) is -3.09. The molecule has 0 aromatic heterocycles. The van der Waals surface area contributed by atoms with Crippen molar-refractivity contribution in [3.05, 3.63) is 96.6 Å². The van der Waals surface area contributed by atoms with Crippen molar-refractivity contribution in [1.29, 1.82) is 0 Å². The highest BCUT2D eigenvalue weighted by molar-refractivity contribution is 6.99. The van der Waals surface area contributed by atoms with Gasteiger partial charge in [-0.05, 0) is 21.0 Å². The number of carbonyl (C=O) groups excluding carboxylic acids is 1. The molecule has 4 rings (SSSR count). The number of likely N-dealkylation sites (tertiary alicyclic amines) is 1. The molecule has 1 saturated heterocycles. The Bertz CT molecular complexity index is 1200. The number of benzene rings is 3. The van der Waals surface area contributed by atoms with Crippen molar-refractivity contribution >= 4 is 30.9 Å². The number of nitrogens with one attached hydrogen (secondary N) is 1. The fourth-order valence-electron chi connectivity index (χ4n) is 5.34. The van der Waals surface area contributed by atoms with Crippen molar-refractivity contribution in [1.82, 2.24) is 10.2 Å². The van der Waals surface area contributed by atoms with Crippen LogP contribution in [0.1, 0.15) is 26.3 Å². The van der Waals surface area contributed by atoms with Gasteiger partial charge in [0.05, 0.1) is 24.8 Å². The zero-order valence-corrected chi connectivity index (χ0v) is 23.5. The summed E-state index contributed by atoms with van der Waals surface area (Å²) in [5, 5.41) is 25.6. The average Bonchev–Trinajstić information content (AvgIpc) is 3.24. The minimum absolute atomic E-state index is 0.0298. The number of rotatable bonds is 8. The molecule has 0 aliphatic carbocycles. The summed E-state index contributed by atoms with van der Waals surface area (Å²) >= 11 is 0. The van der Waals surface area contributed by atoms with E-state index in [2.05, 4.69) is 50.4 Å². The molecule has 9 heteroatoms. The molecule has 206 valence electrons. The first-order chi connectivity index (χ1) is 18.6. The lowest BCUT2D eigenvalue weighted by Crippen LogP contribution is -2.67. The van der Waals surface area contributed by atoms with Crippen LogP contribution in [-0.2, 0) is 15.8 Å². The minimum Gasteiger partial charge on any atom is -0.465 e. The SMILES string of the molecule is CC(C)(C)[Si](OCC1C(O)C(NC(=O)OCc2ccccc2)CN1C(=O)O)(c1ccccc1)c1ccccc1. The molecule has 0 spiro atoms. The third-order valence-electron chi connectivity index (χ3n) is 7.25. The van der Waals surface area contributed by atoms with Crippen LogP contribution in [-0.4, -0.2) is 67.0 Å². The van der Waals surface area contributed by atoms with Crippen LogP contribution < -0.4 is 15.7 Å². The average molecular weight is 549 g/mol. The molecule has 0 radical (unpaired) electrons. The second-order valence-corrected chi connectivity index (χ2v) is 15.1. The predicted octanol–water partition coefficient (Wildman–Crippen LogP) is 3.58. The van der Waals surface area contributed by atoms with Crippen LogP contribution in [0.15, 0.2) is 91.0 Å². The van der Waals surface area contributed by atoms with Gasteiger partial charge in [0.1, 0.15) is 6.61 Å². The zero-order valence-electron chi connectivity index (χ0n) is 22.5. The lowest BCUT2D eigenvalue weighted by molar-refractivity contribution is 0.0633. The maximum absolute atomic E-state index is 12.5. The van der Waals surface area contributed by atoms with Gasteiger partial charge in [-0.25, -0.2) is 9.59 Å². The molecule has 0 saturated carbocycles. The number of nitrogens with zero attached hydrogens (tertiary/aromatic N) is 1. The fourth-order valence-corrected chi connectivity index (χ4v) is 9.91. The maximum atomic E-state index is 12.5. The molecule has 3 aromatic rings. The molecule has 3 atom stereocenters. The Morgan fingerprint density at radius 2 is 1.44 bits per heavy atom. The van der Waals surface area contributed by atoms with Crippen LogP contribution in [0.3, 0.4) is 0 Å². The van der Waals surface area contributed by atoms with Crippen molar-refractivity contribution in [2.24, 2.45) is 0 Å². The quantitative estimate of drug-likeness (QED) is 0.372. The zero-order chi connectivity index (χ0) is 28.0. The molecule has 8 nitrogen and oxygen atoms in total. The Labute approximate surface area is 230 Å². The second-order valence-electron chi connectivity index (χ2n) is 10.8. The normalized spacial score (nSPS) is 19.5. The van der Waals surface area contributed by atoms with Gasteiger partial charge >= 0.3 is 12.2 Å². The highest BCUT2D eigenvalue weighted by atomic mass is 28.4. The van der Waals surface area contributed by atoms with Crippen LogP contribution in [0.5, 0.6) is 0 Å². The number of aliphatic hydroxyl groups excluding tert-OH is 1. The van der Waals surface area contributed by atoms with Crippen molar-refractivity contribution in [2.75, 3.05) is 13.2 Å². The number of hydrogen-bond acceptors (Lipinski definition) is 5. The highest BCUT2D eigenvalue weighted by Crippen LogP contribution is 2.37. The van der Waals surface area contributed by atoms with E-state index in [4.69, 9.17) is 9.16 Å². The molecule has 1 aliphatic rings. The monoisotopic (exact) mass is 548 g/mol. The topological polar surface area (TPSA) is 108 Å². The summed E-state index contributed by atoms with van der Waals surface area (Å²) in [5.74, 6) is 0. The summed E-state index contributed by atoms with van der Waals surface area (Å²) < 4.78 is 12.2. The molecule has 2 amide bonds. The van der Waals surface area contributed by atoms with Crippen molar-refractivity contribution in [2.45, 2.75) is 50.6 Å². The van der Waals surface area contributed by atoms with Gasteiger partial charge in [0, 0.05) is 6.54 Å². The van der Waals surface area contributed by atoms with Gasteiger partial charge in [-0.1, -0.05) is 112 Å². The Morgan fingerprint density at radius 1 is 0.923 bits per heavy atom. The van der Waals surface area contributed by atoms with Gasteiger partial charge in [-0.2, -0.15) is 0 Å². The molecule has 1 aliphatic heterocycles. The third-order valence-corrected chi connectivity index (χ3v) is 12.3. The van der Waals surface area contributed by atoms with E-state index < -0.39 is 38.7 Å². The van der Waals surface area contributed by atoms with Crippen LogP contribution in [0.4, 0.5) is 9.59 Å². The van der Waals surface area contributed by atoms with Crippen LogP contribution in [0, 0.1) is 0 Å². The Morgan fingerprint density at radius 3 is 1.92 bits per heavy atom. The summed E-state index contributed by atoms with van der Waals surface area (Å²) in [4.78, 5) is 25.8. The van der Waals surface area contributed by atoms with Gasteiger partial charge in [0.25, 0.3) is 8.32 Å². The smallest absolute Gasteiger partial charge is 0.407 e. The number of hydrogen-bond donors (Lipinski definition) is 3. The van der Waals surface area contributed by atoms with E-state index in [0.29, 0.717) is 0 Å². The second kappa shape index (κ2) is 12.0.